The Hall–Kier alpha value is -3.52. The van der Waals surface area contributed by atoms with E-state index in [9.17, 15) is 14.9 Å². The Morgan fingerprint density at radius 3 is 2.70 bits per heavy atom. The highest BCUT2D eigenvalue weighted by Gasteiger charge is 2.11. The SMILES string of the molecule is Cc1ccc(-c2cc(C(=O)N/N=C/c3cc([N+](=O)[O-])ccc3Cl)[nH]n2)cc1. The summed E-state index contributed by atoms with van der Waals surface area (Å²) in [5.74, 6) is -0.501. The molecule has 1 heterocycles. The van der Waals surface area contributed by atoms with Crippen molar-refractivity contribution in [2.45, 2.75) is 6.92 Å². The maximum absolute atomic E-state index is 12.2. The molecule has 0 saturated heterocycles. The van der Waals surface area contributed by atoms with E-state index in [4.69, 9.17) is 11.6 Å². The summed E-state index contributed by atoms with van der Waals surface area (Å²) in [5, 5.41) is 21.6. The number of aryl methyl sites for hydroxylation is 1. The van der Waals surface area contributed by atoms with E-state index in [2.05, 4.69) is 20.7 Å². The largest absolute Gasteiger partial charge is 0.289 e. The third kappa shape index (κ3) is 4.36. The van der Waals surface area contributed by atoms with E-state index < -0.39 is 10.8 Å². The van der Waals surface area contributed by atoms with Crippen molar-refractivity contribution in [3.63, 3.8) is 0 Å². The first-order valence-corrected chi connectivity index (χ1v) is 8.21. The van der Waals surface area contributed by atoms with Crippen molar-refractivity contribution in [3.8, 4) is 11.3 Å². The molecule has 2 N–H and O–H groups in total. The molecule has 2 aromatic carbocycles. The highest BCUT2D eigenvalue weighted by molar-refractivity contribution is 6.33. The number of nitro groups is 1. The second-order valence-electron chi connectivity index (χ2n) is 5.69. The van der Waals surface area contributed by atoms with E-state index in [1.807, 2.05) is 31.2 Å². The van der Waals surface area contributed by atoms with E-state index in [-0.39, 0.29) is 16.4 Å². The van der Waals surface area contributed by atoms with Gasteiger partial charge in [0.05, 0.1) is 16.8 Å². The summed E-state index contributed by atoms with van der Waals surface area (Å²) in [5.41, 5.74) is 5.39. The minimum absolute atomic E-state index is 0.122. The van der Waals surface area contributed by atoms with E-state index >= 15 is 0 Å². The van der Waals surface area contributed by atoms with Gasteiger partial charge in [0.2, 0.25) is 0 Å². The van der Waals surface area contributed by atoms with Crippen molar-refractivity contribution in [1.29, 1.82) is 0 Å². The average molecular weight is 384 g/mol. The number of benzene rings is 2. The molecule has 0 radical (unpaired) electrons. The van der Waals surface area contributed by atoms with Gasteiger partial charge in [-0.3, -0.25) is 20.0 Å². The molecule has 0 aliphatic carbocycles. The number of aromatic nitrogens is 2. The van der Waals surface area contributed by atoms with E-state index in [0.29, 0.717) is 11.3 Å². The van der Waals surface area contributed by atoms with Gasteiger partial charge in [-0.25, -0.2) is 5.43 Å². The van der Waals surface area contributed by atoms with Crippen molar-refractivity contribution < 1.29 is 9.72 Å². The van der Waals surface area contributed by atoms with Gasteiger partial charge in [0.15, 0.2) is 0 Å². The number of amides is 1. The molecule has 3 rings (SSSR count). The standard InChI is InChI=1S/C18H14ClN5O3/c1-11-2-4-12(5-3-11)16-9-17(22-21-16)18(25)23-20-10-13-8-14(24(26)27)6-7-15(13)19/h2-10H,1H3,(H,21,22)(H,23,25)/b20-10+. The Bertz CT molecular complexity index is 1030. The van der Waals surface area contributed by atoms with Crippen LogP contribution in [0.4, 0.5) is 5.69 Å². The van der Waals surface area contributed by atoms with Crippen LogP contribution in [-0.4, -0.2) is 27.2 Å². The Kier molecular flexibility index (Phi) is 5.28. The van der Waals surface area contributed by atoms with Gasteiger partial charge in [0.1, 0.15) is 5.69 Å². The molecule has 27 heavy (non-hydrogen) atoms. The number of carbonyl (C=O) groups is 1. The van der Waals surface area contributed by atoms with Crippen LogP contribution in [0.3, 0.4) is 0 Å². The first-order valence-electron chi connectivity index (χ1n) is 7.84. The zero-order chi connectivity index (χ0) is 19.4. The number of halogens is 1. The predicted molar refractivity (Wildman–Crippen MR) is 102 cm³/mol. The van der Waals surface area contributed by atoms with Crippen LogP contribution in [0.5, 0.6) is 0 Å². The number of aromatic amines is 1. The molecule has 0 aliphatic rings. The maximum atomic E-state index is 12.2. The number of H-pyrrole nitrogens is 1. The number of rotatable bonds is 5. The highest BCUT2D eigenvalue weighted by atomic mass is 35.5. The van der Waals surface area contributed by atoms with E-state index in [1.165, 1.54) is 24.4 Å². The number of hydrogen-bond acceptors (Lipinski definition) is 5. The third-order valence-electron chi connectivity index (χ3n) is 3.73. The number of non-ortho nitro benzene ring substituents is 1. The van der Waals surface area contributed by atoms with Crippen molar-refractivity contribution in [2.24, 2.45) is 5.10 Å². The fourth-order valence-electron chi connectivity index (χ4n) is 2.27. The summed E-state index contributed by atoms with van der Waals surface area (Å²) in [7, 11) is 0. The first kappa shape index (κ1) is 18.3. The number of nitro benzene ring substituents is 1. The summed E-state index contributed by atoms with van der Waals surface area (Å²) < 4.78 is 0. The van der Waals surface area contributed by atoms with E-state index in [1.54, 1.807) is 6.07 Å². The second-order valence-corrected chi connectivity index (χ2v) is 6.10. The Morgan fingerprint density at radius 2 is 2.00 bits per heavy atom. The lowest BCUT2D eigenvalue weighted by Crippen LogP contribution is -2.18. The molecule has 1 aromatic heterocycles. The van der Waals surface area contributed by atoms with Gasteiger partial charge < -0.3 is 0 Å². The Morgan fingerprint density at radius 1 is 1.26 bits per heavy atom. The molecular weight excluding hydrogens is 370 g/mol. The molecule has 0 bridgehead atoms. The monoisotopic (exact) mass is 383 g/mol. The lowest BCUT2D eigenvalue weighted by atomic mass is 10.1. The van der Waals surface area contributed by atoms with Gasteiger partial charge in [0.25, 0.3) is 11.6 Å². The summed E-state index contributed by atoms with van der Waals surface area (Å²) >= 11 is 5.97. The molecule has 8 nitrogen and oxygen atoms in total. The van der Waals surface area contributed by atoms with Crippen LogP contribution in [-0.2, 0) is 0 Å². The first-order chi connectivity index (χ1) is 12.9. The molecule has 3 aromatic rings. The summed E-state index contributed by atoms with van der Waals surface area (Å²) in [6.07, 6.45) is 1.24. The van der Waals surface area contributed by atoms with Crippen molar-refractivity contribution in [1.82, 2.24) is 15.6 Å². The van der Waals surface area contributed by atoms with Crippen LogP contribution in [0.15, 0.2) is 53.6 Å². The highest BCUT2D eigenvalue weighted by Crippen LogP contribution is 2.20. The quantitative estimate of drug-likeness (QED) is 0.397. The Labute approximate surface area is 159 Å². The topological polar surface area (TPSA) is 113 Å². The number of nitrogens with one attached hydrogen (secondary N) is 2. The maximum Gasteiger partial charge on any atom is 0.289 e. The minimum atomic E-state index is -0.538. The van der Waals surface area contributed by atoms with Crippen molar-refractivity contribution in [2.75, 3.05) is 0 Å². The fraction of sp³-hybridized carbons (Fsp3) is 0.0556. The lowest BCUT2D eigenvalue weighted by molar-refractivity contribution is -0.384. The van der Waals surface area contributed by atoms with Gasteiger partial charge in [-0.2, -0.15) is 10.2 Å². The molecule has 1 amide bonds. The number of hydrazone groups is 1. The summed E-state index contributed by atoms with van der Waals surface area (Å²) in [6, 6.07) is 13.3. The average Bonchev–Trinajstić information content (AvgIpc) is 3.14. The van der Waals surface area contributed by atoms with Crippen LogP contribution in [0.2, 0.25) is 5.02 Å². The van der Waals surface area contributed by atoms with Crippen molar-refractivity contribution in [3.05, 3.63) is 80.5 Å². The summed E-state index contributed by atoms with van der Waals surface area (Å²) in [6.45, 7) is 1.98. The third-order valence-corrected chi connectivity index (χ3v) is 4.07. The van der Waals surface area contributed by atoms with Crippen LogP contribution < -0.4 is 5.43 Å². The minimum Gasteiger partial charge on any atom is -0.272 e. The van der Waals surface area contributed by atoms with Gasteiger partial charge in [-0.1, -0.05) is 41.4 Å². The number of nitrogens with zero attached hydrogens (tertiary/aromatic N) is 3. The van der Waals surface area contributed by atoms with Crippen LogP contribution in [0.25, 0.3) is 11.3 Å². The van der Waals surface area contributed by atoms with Gasteiger partial charge in [-0.15, -0.1) is 0 Å². The molecular formula is C18H14ClN5O3. The van der Waals surface area contributed by atoms with Gasteiger partial charge >= 0.3 is 0 Å². The molecule has 0 fully saturated rings. The Balaban J connectivity index is 1.70. The zero-order valence-corrected chi connectivity index (χ0v) is 14.9. The normalized spacial score (nSPS) is 10.9. The molecule has 136 valence electrons. The summed E-state index contributed by atoms with van der Waals surface area (Å²) in [4.78, 5) is 22.4. The molecule has 0 saturated carbocycles. The van der Waals surface area contributed by atoms with E-state index in [0.717, 1.165) is 11.1 Å². The van der Waals surface area contributed by atoms with Crippen LogP contribution in [0, 0.1) is 17.0 Å². The number of carbonyl (C=O) groups excluding carboxylic acids is 1. The fourth-order valence-corrected chi connectivity index (χ4v) is 2.44. The van der Waals surface area contributed by atoms with Crippen LogP contribution in [0.1, 0.15) is 21.6 Å². The lowest BCUT2D eigenvalue weighted by Gasteiger charge is -1.99. The molecule has 0 spiro atoms. The van der Waals surface area contributed by atoms with Crippen LogP contribution >= 0.6 is 11.6 Å². The second kappa shape index (κ2) is 7.79. The molecule has 0 aliphatic heterocycles. The van der Waals surface area contributed by atoms with Gasteiger partial charge in [0, 0.05) is 28.3 Å². The van der Waals surface area contributed by atoms with Crippen molar-refractivity contribution >= 4 is 29.4 Å². The predicted octanol–water partition coefficient (Wildman–Crippen LogP) is 3.71. The molecule has 9 heteroatoms. The molecule has 0 unspecified atom stereocenters. The zero-order valence-electron chi connectivity index (χ0n) is 14.1. The van der Waals surface area contributed by atoms with Gasteiger partial charge in [-0.05, 0) is 19.1 Å². The number of hydrogen-bond donors (Lipinski definition) is 2. The smallest absolute Gasteiger partial charge is 0.272 e. The molecule has 0 atom stereocenters.